The largest absolute Gasteiger partial charge is 0.335 e. The first-order valence-corrected chi connectivity index (χ1v) is 6.27. The molecule has 2 N–H and O–H groups in total. The molecule has 0 heterocycles. The second kappa shape index (κ2) is 7.43. The van der Waals surface area contributed by atoms with Crippen molar-refractivity contribution in [3.8, 4) is 0 Å². The summed E-state index contributed by atoms with van der Waals surface area (Å²) < 4.78 is 0. The molecule has 0 aliphatic carbocycles. The maximum atomic E-state index is 12.0. The summed E-state index contributed by atoms with van der Waals surface area (Å²) in [6.07, 6.45) is 2.16. The van der Waals surface area contributed by atoms with Crippen molar-refractivity contribution < 1.29 is 9.59 Å². The summed E-state index contributed by atoms with van der Waals surface area (Å²) in [5.74, 6) is 0.611. The van der Waals surface area contributed by atoms with Gasteiger partial charge in [-0.3, -0.25) is 4.79 Å². The van der Waals surface area contributed by atoms with Crippen LogP contribution in [0.15, 0.2) is 0 Å². The molecule has 0 aliphatic rings. The van der Waals surface area contributed by atoms with Crippen LogP contribution >= 0.6 is 0 Å². The lowest BCUT2D eigenvalue weighted by molar-refractivity contribution is -0.136. The highest BCUT2D eigenvalue weighted by atomic mass is 16.2. The highest BCUT2D eigenvalue weighted by molar-refractivity contribution is 5.84. The number of nitrogens with zero attached hydrogens (tertiary/aromatic N) is 1. The van der Waals surface area contributed by atoms with E-state index in [4.69, 9.17) is 5.73 Å². The summed E-state index contributed by atoms with van der Waals surface area (Å²) in [7, 11) is 1.66. The standard InChI is InChI=1S/C13H26N2O2/c1-9(2)6-11(8-16)15(5)13(17)12(14)7-10(3)4/h8-12H,6-7,14H2,1-5H3/t11-,12-/m1/s1. The molecular formula is C13H26N2O2. The monoisotopic (exact) mass is 242 g/mol. The molecule has 0 aliphatic heterocycles. The number of rotatable bonds is 7. The SMILES string of the molecule is CC(C)C[C@@H](N)C(=O)N(C)[C@@H](C=O)CC(C)C. The Balaban J connectivity index is 4.49. The van der Waals surface area contributed by atoms with E-state index in [0.29, 0.717) is 24.7 Å². The first kappa shape index (κ1) is 16.1. The van der Waals surface area contributed by atoms with Gasteiger partial charge < -0.3 is 15.4 Å². The Morgan fingerprint density at radius 2 is 1.65 bits per heavy atom. The fraction of sp³-hybridized carbons (Fsp3) is 0.846. The van der Waals surface area contributed by atoms with Crippen LogP contribution in [0.1, 0.15) is 40.5 Å². The summed E-state index contributed by atoms with van der Waals surface area (Å²) in [6.45, 7) is 8.11. The van der Waals surface area contributed by atoms with Gasteiger partial charge in [0.2, 0.25) is 5.91 Å². The molecule has 0 saturated heterocycles. The molecule has 1 amide bonds. The minimum Gasteiger partial charge on any atom is -0.335 e. The van der Waals surface area contributed by atoms with E-state index in [1.165, 1.54) is 4.90 Å². The van der Waals surface area contributed by atoms with Gasteiger partial charge in [0, 0.05) is 7.05 Å². The van der Waals surface area contributed by atoms with Crippen LogP contribution < -0.4 is 5.73 Å². The van der Waals surface area contributed by atoms with Crippen LogP contribution in [-0.4, -0.2) is 36.2 Å². The Kier molecular flexibility index (Phi) is 7.04. The van der Waals surface area contributed by atoms with Gasteiger partial charge in [-0.2, -0.15) is 0 Å². The van der Waals surface area contributed by atoms with Gasteiger partial charge in [0.05, 0.1) is 12.1 Å². The van der Waals surface area contributed by atoms with Crippen LogP contribution in [0.3, 0.4) is 0 Å². The summed E-state index contributed by atoms with van der Waals surface area (Å²) in [6, 6.07) is -0.865. The molecule has 0 aromatic rings. The third kappa shape index (κ3) is 5.82. The molecule has 0 aromatic heterocycles. The van der Waals surface area contributed by atoms with E-state index in [2.05, 4.69) is 0 Å². The van der Waals surface area contributed by atoms with Crippen molar-refractivity contribution in [3.63, 3.8) is 0 Å². The average molecular weight is 242 g/mol. The Bertz CT molecular complexity index is 252. The molecular weight excluding hydrogens is 216 g/mol. The number of carbonyl (C=O) groups is 2. The lowest BCUT2D eigenvalue weighted by atomic mass is 10.0. The minimum atomic E-state index is -0.505. The Morgan fingerprint density at radius 3 is 2.00 bits per heavy atom. The summed E-state index contributed by atoms with van der Waals surface area (Å²) in [5.41, 5.74) is 5.84. The van der Waals surface area contributed by atoms with Gasteiger partial charge in [-0.15, -0.1) is 0 Å². The van der Waals surface area contributed by atoms with Crippen LogP contribution in [0.4, 0.5) is 0 Å². The predicted molar refractivity (Wildman–Crippen MR) is 69.5 cm³/mol. The molecule has 0 saturated carbocycles. The zero-order valence-electron chi connectivity index (χ0n) is 11.6. The van der Waals surface area contributed by atoms with E-state index < -0.39 is 6.04 Å². The van der Waals surface area contributed by atoms with Crippen molar-refractivity contribution in [2.24, 2.45) is 17.6 Å². The topological polar surface area (TPSA) is 63.4 Å². The fourth-order valence-corrected chi connectivity index (χ4v) is 1.82. The van der Waals surface area contributed by atoms with E-state index in [1.54, 1.807) is 7.05 Å². The molecule has 17 heavy (non-hydrogen) atoms. The van der Waals surface area contributed by atoms with Crippen LogP contribution in [-0.2, 0) is 9.59 Å². The van der Waals surface area contributed by atoms with Crippen molar-refractivity contribution in [1.82, 2.24) is 4.90 Å². The molecule has 0 spiro atoms. The minimum absolute atomic E-state index is 0.142. The Labute approximate surface area is 105 Å². The molecule has 4 heteroatoms. The lowest BCUT2D eigenvalue weighted by Gasteiger charge is -2.28. The zero-order chi connectivity index (χ0) is 13.6. The van der Waals surface area contributed by atoms with Gasteiger partial charge in [-0.05, 0) is 24.7 Å². The third-order valence-electron chi connectivity index (χ3n) is 2.76. The molecule has 4 nitrogen and oxygen atoms in total. The Morgan fingerprint density at radius 1 is 1.18 bits per heavy atom. The summed E-state index contributed by atoms with van der Waals surface area (Å²) in [5, 5.41) is 0. The van der Waals surface area contributed by atoms with E-state index >= 15 is 0 Å². The van der Waals surface area contributed by atoms with Gasteiger partial charge in [0.1, 0.15) is 6.29 Å². The first-order chi connectivity index (χ1) is 7.79. The highest BCUT2D eigenvalue weighted by Crippen LogP contribution is 2.11. The molecule has 0 aromatic carbocycles. The predicted octanol–water partition coefficient (Wildman–Crippen LogP) is 1.43. The number of hydrogen-bond acceptors (Lipinski definition) is 3. The summed E-state index contributed by atoms with van der Waals surface area (Å²) >= 11 is 0. The number of amides is 1. The van der Waals surface area contributed by atoms with Gasteiger partial charge in [-0.1, -0.05) is 27.7 Å². The average Bonchev–Trinajstić information content (AvgIpc) is 2.22. The number of likely N-dealkylation sites (N-methyl/N-ethyl adjacent to an activating group) is 1. The molecule has 0 rings (SSSR count). The second-order valence-corrected chi connectivity index (χ2v) is 5.52. The third-order valence-corrected chi connectivity index (χ3v) is 2.76. The lowest BCUT2D eigenvalue weighted by Crippen LogP contribution is -2.48. The van der Waals surface area contributed by atoms with Crippen LogP contribution in [0.2, 0.25) is 0 Å². The molecule has 0 fully saturated rings. The summed E-state index contributed by atoms with van der Waals surface area (Å²) in [4.78, 5) is 24.5. The highest BCUT2D eigenvalue weighted by Gasteiger charge is 2.25. The number of hydrogen-bond donors (Lipinski definition) is 1. The quantitative estimate of drug-likeness (QED) is 0.687. The normalized spacial score (nSPS) is 14.8. The number of aldehydes is 1. The van der Waals surface area contributed by atoms with Crippen molar-refractivity contribution >= 4 is 12.2 Å². The molecule has 0 bridgehead atoms. The number of carbonyl (C=O) groups excluding carboxylic acids is 2. The first-order valence-electron chi connectivity index (χ1n) is 6.27. The van der Waals surface area contributed by atoms with E-state index in [1.807, 2.05) is 27.7 Å². The Hall–Kier alpha value is -0.900. The zero-order valence-corrected chi connectivity index (χ0v) is 11.6. The smallest absolute Gasteiger partial charge is 0.239 e. The van der Waals surface area contributed by atoms with Crippen LogP contribution in [0.25, 0.3) is 0 Å². The number of nitrogens with two attached hydrogens (primary N) is 1. The van der Waals surface area contributed by atoms with E-state index in [-0.39, 0.29) is 11.9 Å². The van der Waals surface area contributed by atoms with Crippen LogP contribution in [0.5, 0.6) is 0 Å². The molecule has 0 unspecified atom stereocenters. The van der Waals surface area contributed by atoms with Crippen molar-refractivity contribution in [1.29, 1.82) is 0 Å². The van der Waals surface area contributed by atoms with E-state index in [0.717, 1.165) is 6.29 Å². The van der Waals surface area contributed by atoms with E-state index in [9.17, 15) is 9.59 Å². The molecule has 100 valence electrons. The van der Waals surface area contributed by atoms with Crippen molar-refractivity contribution in [2.75, 3.05) is 7.05 Å². The van der Waals surface area contributed by atoms with Gasteiger partial charge >= 0.3 is 0 Å². The van der Waals surface area contributed by atoms with Gasteiger partial charge in [-0.25, -0.2) is 0 Å². The maximum absolute atomic E-state index is 12.0. The van der Waals surface area contributed by atoms with Gasteiger partial charge in [0.25, 0.3) is 0 Å². The fourth-order valence-electron chi connectivity index (χ4n) is 1.82. The van der Waals surface area contributed by atoms with Crippen molar-refractivity contribution in [2.45, 2.75) is 52.6 Å². The molecule has 0 radical (unpaired) electrons. The maximum Gasteiger partial charge on any atom is 0.239 e. The second-order valence-electron chi connectivity index (χ2n) is 5.52. The van der Waals surface area contributed by atoms with Gasteiger partial charge in [0.15, 0.2) is 0 Å². The van der Waals surface area contributed by atoms with Crippen molar-refractivity contribution in [3.05, 3.63) is 0 Å². The molecule has 2 atom stereocenters. The van der Waals surface area contributed by atoms with Crippen LogP contribution in [0, 0.1) is 11.8 Å².